The predicted octanol–water partition coefficient (Wildman–Crippen LogP) is 3.51. The molecule has 0 unspecified atom stereocenters. The summed E-state index contributed by atoms with van der Waals surface area (Å²) in [5.74, 6) is -2.20. The summed E-state index contributed by atoms with van der Waals surface area (Å²) < 4.78 is 40.5. The van der Waals surface area contributed by atoms with Crippen LogP contribution >= 0.6 is 0 Å². The second-order valence-electron chi connectivity index (χ2n) is 5.82. The zero-order valence-electron chi connectivity index (χ0n) is 14.4. The number of anilines is 1. The van der Waals surface area contributed by atoms with Crippen molar-refractivity contribution in [3.63, 3.8) is 0 Å². The lowest BCUT2D eigenvalue weighted by Gasteiger charge is -2.11. The largest absolute Gasteiger partial charge is 0.292 e. The third kappa shape index (κ3) is 4.22. The Morgan fingerprint density at radius 1 is 1.07 bits per heavy atom. The lowest BCUT2D eigenvalue weighted by molar-refractivity contribution is 0.0977. The normalized spacial score (nSPS) is 12.0. The van der Waals surface area contributed by atoms with Gasteiger partial charge < -0.3 is 0 Å². The highest BCUT2D eigenvalue weighted by atomic mass is 32.2. The number of rotatable bonds is 6. The molecule has 0 aliphatic rings. The summed E-state index contributed by atoms with van der Waals surface area (Å²) in [5.41, 5.74) is 0.536. The molecule has 6 nitrogen and oxygen atoms in total. The van der Waals surface area contributed by atoms with Crippen LogP contribution in [0, 0.1) is 17.1 Å². The van der Waals surface area contributed by atoms with E-state index in [1.165, 1.54) is 42.6 Å². The molecule has 28 heavy (non-hydrogen) atoms. The van der Waals surface area contributed by atoms with Crippen LogP contribution in [-0.4, -0.2) is 19.2 Å². The molecule has 1 aromatic heterocycles. The summed E-state index contributed by atoms with van der Waals surface area (Å²) in [4.78, 5) is 16.6. The van der Waals surface area contributed by atoms with Crippen LogP contribution in [0.1, 0.15) is 22.0 Å². The highest BCUT2D eigenvalue weighted by Crippen LogP contribution is 2.22. The smallest absolute Gasteiger partial charge is 0.261 e. The van der Waals surface area contributed by atoms with Crippen molar-refractivity contribution in [1.29, 1.82) is 5.26 Å². The highest BCUT2D eigenvalue weighted by molar-refractivity contribution is 7.92. The maximum absolute atomic E-state index is 13.0. The van der Waals surface area contributed by atoms with Crippen molar-refractivity contribution in [1.82, 2.24) is 4.98 Å². The summed E-state index contributed by atoms with van der Waals surface area (Å²) in [6.45, 7) is 0. The summed E-state index contributed by atoms with van der Waals surface area (Å²) in [5, 5.41) is 9.39. The SMILES string of the molecule is N#C[C@H](C(=O)c1cccc(S(=O)(=O)Nc2ccc(F)cc2)c1)c1ccccn1. The third-order valence-corrected chi connectivity index (χ3v) is 5.28. The van der Waals surface area contributed by atoms with Crippen LogP contribution < -0.4 is 4.72 Å². The van der Waals surface area contributed by atoms with Gasteiger partial charge in [-0.3, -0.25) is 14.5 Å². The fourth-order valence-corrected chi connectivity index (χ4v) is 3.63. The number of aromatic nitrogens is 1. The van der Waals surface area contributed by atoms with Crippen molar-refractivity contribution in [3.05, 3.63) is 90.0 Å². The van der Waals surface area contributed by atoms with Crippen molar-refractivity contribution >= 4 is 21.5 Å². The number of nitrogens with zero attached hydrogens (tertiary/aromatic N) is 2. The minimum absolute atomic E-state index is 0.0687. The van der Waals surface area contributed by atoms with Gasteiger partial charge in [-0.2, -0.15) is 5.26 Å². The average Bonchev–Trinajstić information content (AvgIpc) is 2.71. The van der Waals surface area contributed by atoms with Crippen LogP contribution in [0.25, 0.3) is 0 Å². The lowest BCUT2D eigenvalue weighted by atomic mass is 9.95. The summed E-state index contributed by atoms with van der Waals surface area (Å²) >= 11 is 0. The topological polar surface area (TPSA) is 99.9 Å². The lowest BCUT2D eigenvalue weighted by Crippen LogP contribution is -2.16. The van der Waals surface area contributed by atoms with Crippen molar-refractivity contribution < 1.29 is 17.6 Å². The Balaban J connectivity index is 1.90. The number of sulfonamides is 1. The van der Waals surface area contributed by atoms with Gasteiger partial charge in [0.2, 0.25) is 0 Å². The molecule has 140 valence electrons. The number of carbonyl (C=O) groups is 1. The summed E-state index contributed by atoms with van der Waals surface area (Å²) in [7, 11) is -4.00. The number of nitrogens with one attached hydrogen (secondary N) is 1. The van der Waals surface area contributed by atoms with Gasteiger partial charge in [0.05, 0.1) is 16.7 Å². The molecule has 8 heteroatoms. The Bertz CT molecular complexity index is 1140. The van der Waals surface area contributed by atoms with Gasteiger partial charge in [0.25, 0.3) is 10.0 Å². The fraction of sp³-hybridized carbons (Fsp3) is 0.0500. The first kappa shape index (κ1) is 19.2. The number of halogens is 1. The standard InChI is InChI=1S/C20H14FN3O3S/c21-15-7-9-16(10-8-15)24-28(26,27)17-5-3-4-14(12-17)20(25)18(13-22)19-6-1-2-11-23-19/h1-12,18,24H/t18-/m0/s1. The number of Topliss-reactive ketones (excluding diaryl/α,β-unsaturated/α-hetero) is 1. The molecule has 0 aliphatic carbocycles. The minimum atomic E-state index is -4.00. The van der Waals surface area contributed by atoms with Crippen LogP contribution in [0.5, 0.6) is 0 Å². The Morgan fingerprint density at radius 3 is 2.46 bits per heavy atom. The van der Waals surface area contributed by atoms with E-state index in [1.54, 1.807) is 18.2 Å². The molecule has 0 fully saturated rings. The van der Waals surface area contributed by atoms with Crippen molar-refractivity contribution in [3.8, 4) is 6.07 Å². The molecule has 1 N–H and O–H groups in total. The van der Waals surface area contributed by atoms with Crippen LogP contribution in [0.15, 0.2) is 77.8 Å². The Morgan fingerprint density at radius 2 is 1.82 bits per heavy atom. The zero-order valence-corrected chi connectivity index (χ0v) is 15.2. The summed E-state index contributed by atoms with van der Waals surface area (Å²) in [6.07, 6.45) is 1.47. The van der Waals surface area contributed by atoms with Crippen LogP contribution in [0.3, 0.4) is 0 Å². The van der Waals surface area contributed by atoms with Crippen LogP contribution in [0.4, 0.5) is 10.1 Å². The van der Waals surface area contributed by atoms with E-state index in [1.807, 2.05) is 6.07 Å². The minimum Gasteiger partial charge on any atom is -0.292 e. The second kappa shape index (κ2) is 7.98. The number of nitriles is 1. The number of benzene rings is 2. The summed E-state index contributed by atoms with van der Waals surface area (Å²) in [6, 6.07) is 17.0. The molecular weight excluding hydrogens is 381 g/mol. The van der Waals surface area contributed by atoms with Gasteiger partial charge in [-0.05, 0) is 48.5 Å². The quantitative estimate of drug-likeness (QED) is 0.644. The molecular formula is C20H14FN3O3S. The van der Waals surface area contributed by atoms with E-state index in [4.69, 9.17) is 0 Å². The molecule has 0 amide bonds. The van der Waals surface area contributed by atoms with Gasteiger partial charge >= 0.3 is 0 Å². The molecule has 1 heterocycles. The van der Waals surface area contributed by atoms with E-state index in [0.717, 1.165) is 12.1 Å². The van der Waals surface area contributed by atoms with Gasteiger partial charge in [0.15, 0.2) is 11.7 Å². The van der Waals surface area contributed by atoms with E-state index in [2.05, 4.69) is 9.71 Å². The molecule has 0 aliphatic heterocycles. The number of ketones is 1. The molecule has 2 aromatic carbocycles. The molecule has 0 radical (unpaired) electrons. The maximum Gasteiger partial charge on any atom is 0.261 e. The Hall–Kier alpha value is -3.57. The highest BCUT2D eigenvalue weighted by Gasteiger charge is 2.24. The van der Waals surface area contributed by atoms with Gasteiger partial charge in [0, 0.05) is 17.4 Å². The van der Waals surface area contributed by atoms with E-state index in [0.29, 0.717) is 0 Å². The molecule has 1 atom stereocenters. The number of pyridine rings is 1. The Labute approximate surface area is 161 Å². The number of hydrogen-bond acceptors (Lipinski definition) is 5. The zero-order chi connectivity index (χ0) is 20.1. The van der Waals surface area contributed by atoms with Gasteiger partial charge in [-0.15, -0.1) is 0 Å². The third-order valence-electron chi connectivity index (χ3n) is 3.90. The number of hydrogen-bond donors (Lipinski definition) is 1. The molecule has 0 spiro atoms. The monoisotopic (exact) mass is 395 g/mol. The second-order valence-corrected chi connectivity index (χ2v) is 7.50. The van der Waals surface area contributed by atoms with Crippen molar-refractivity contribution in [2.75, 3.05) is 4.72 Å². The number of carbonyl (C=O) groups excluding carboxylic acids is 1. The first-order valence-electron chi connectivity index (χ1n) is 8.14. The fourth-order valence-electron chi connectivity index (χ4n) is 2.52. The van der Waals surface area contributed by atoms with E-state index < -0.39 is 27.5 Å². The van der Waals surface area contributed by atoms with E-state index in [-0.39, 0.29) is 21.8 Å². The predicted molar refractivity (Wildman–Crippen MR) is 101 cm³/mol. The maximum atomic E-state index is 13.0. The first-order valence-corrected chi connectivity index (χ1v) is 9.62. The van der Waals surface area contributed by atoms with Crippen molar-refractivity contribution in [2.45, 2.75) is 10.8 Å². The van der Waals surface area contributed by atoms with Gasteiger partial charge in [-0.1, -0.05) is 18.2 Å². The molecule has 0 saturated heterocycles. The van der Waals surface area contributed by atoms with E-state index >= 15 is 0 Å². The average molecular weight is 395 g/mol. The van der Waals surface area contributed by atoms with Crippen LogP contribution in [-0.2, 0) is 10.0 Å². The Kier molecular flexibility index (Phi) is 5.47. The molecule has 0 bridgehead atoms. The van der Waals surface area contributed by atoms with Crippen molar-refractivity contribution in [2.24, 2.45) is 0 Å². The molecule has 0 saturated carbocycles. The van der Waals surface area contributed by atoms with Gasteiger partial charge in [0.1, 0.15) is 5.82 Å². The molecule has 3 aromatic rings. The molecule has 3 rings (SSSR count). The van der Waals surface area contributed by atoms with E-state index in [9.17, 15) is 22.9 Å². The van der Waals surface area contributed by atoms with Crippen LogP contribution in [0.2, 0.25) is 0 Å². The first-order chi connectivity index (χ1) is 13.4. The van der Waals surface area contributed by atoms with Gasteiger partial charge in [-0.25, -0.2) is 12.8 Å².